The van der Waals surface area contributed by atoms with Crippen LogP contribution >= 0.6 is 23.2 Å². The van der Waals surface area contributed by atoms with Gasteiger partial charge >= 0.3 is 0 Å². The van der Waals surface area contributed by atoms with Gasteiger partial charge in [-0.15, -0.1) is 0 Å². The Hall–Kier alpha value is -2.37. The van der Waals surface area contributed by atoms with Crippen molar-refractivity contribution in [3.63, 3.8) is 0 Å². The Bertz CT molecular complexity index is 1210. The molecule has 0 radical (unpaired) electrons. The Morgan fingerprint density at radius 3 is 2.21 bits per heavy atom. The minimum Gasteiger partial charge on any atom is -0.386 e. The van der Waals surface area contributed by atoms with Gasteiger partial charge in [0.2, 0.25) is 0 Å². The highest BCUT2D eigenvalue weighted by Gasteiger charge is 2.53. The van der Waals surface area contributed by atoms with Gasteiger partial charge in [0.25, 0.3) is 5.91 Å². The highest BCUT2D eigenvalue weighted by atomic mass is 35.5. The number of hydrogen-bond acceptors (Lipinski definition) is 3. The van der Waals surface area contributed by atoms with E-state index in [1.54, 1.807) is 24.8 Å². The molecule has 1 aliphatic carbocycles. The van der Waals surface area contributed by atoms with Crippen molar-refractivity contribution in [3.8, 4) is 0 Å². The van der Waals surface area contributed by atoms with Crippen molar-refractivity contribution in [1.29, 1.82) is 0 Å². The number of halogens is 2. The summed E-state index contributed by atoms with van der Waals surface area (Å²) in [6.07, 6.45) is 2.26. The third-order valence-electron chi connectivity index (χ3n) is 6.66. The van der Waals surface area contributed by atoms with Crippen LogP contribution in [0.4, 0.5) is 0 Å². The molecule has 1 fully saturated rings. The maximum atomic E-state index is 14.0. The van der Waals surface area contributed by atoms with Crippen LogP contribution in [0.25, 0.3) is 0 Å². The highest BCUT2D eigenvalue weighted by Crippen LogP contribution is 2.48. The summed E-state index contributed by atoms with van der Waals surface area (Å²) < 4.78 is 6.74. The lowest BCUT2D eigenvalue weighted by atomic mass is 9.89. The van der Waals surface area contributed by atoms with E-state index < -0.39 is 11.3 Å². The molecule has 1 saturated carbocycles. The molecule has 3 aromatic carbocycles. The van der Waals surface area contributed by atoms with Gasteiger partial charge in [-0.1, -0.05) is 59.6 Å². The Morgan fingerprint density at radius 2 is 1.62 bits per heavy atom. The fourth-order valence-electron chi connectivity index (χ4n) is 4.54. The zero-order chi connectivity index (χ0) is 24.1. The first kappa shape index (κ1) is 23.4. The molecule has 0 unspecified atom stereocenters. The van der Waals surface area contributed by atoms with Crippen LogP contribution in [0, 0.1) is 5.92 Å². The molecule has 0 aromatic heterocycles. The molecule has 5 rings (SSSR count). The van der Waals surface area contributed by atoms with Crippen LogP contribution < -0.4 is 0 Å². The number of nitrogens with zero attached hydrogens (tertiary/aromatic N) is 1. The zero-order valence-electron chi connectivity index (χ0n) is 19.2. The Labute approximate surface area is 210 Å². The van der Waals surface area contributed by atoms with Gasteiger partial charge in [0.05, 0.1) is 12.2 Å². The topological polar surface area (TPSA) is 49.8 Å². The molecule has 1 aliphatic heterocycles. The lowest BCUT2D eigenvalue weighted by molar-refractivity contribution is -0.115. The third kappa shape index (κ3) is 4.25. The van der Waals surface area contributed by atoms with E-state index in [4.69, 9.17) is 27.9 Å². The second-order valence-electron chi connectivity index (χ2n) is 9.74. The predicted molar refractivity (Wildman–Crippen MR) is 134 cm³/mol. The van der Waals surface area contributed by atoms with Gasteiger partial charge in [-0.3, -0.25) is 9.69 Å². The fraction of sp³-hybridized carbons (Fsp3) is 0.321. The lowest BCUT2D eigenvalue weighted by Crippen LogP contribution is -2.46. The van der Waals surface area contributed by atoms with Crippen molar-refractivity contribution in [2.45, 2.75) is 44.6 Å². The van der Waals surface area contributed by atoms with Crippen LogP contribution in [0.2, 0.25) is 10.0 Å². The second-order valence-corrected chi connectivity index (χ2v) is 10.6. The summed E-state index contributed by atoms with van der Waals surface area (Å²) in [5, 5.41) is 11.9. The molecule has 2 aliphatic rings. The average molecular weight is 496 g/mol. The maximum absolute atomic E-state index is 14.0. The summed E-state index contributed by atoms with van der Waals surface area (Å²) >= 11 is 12.3. The van der Waals surface area contributed by atoms with Crippen LogP contribution in [-0.2, 0) is 22.6 Å². The molecule has 6 heteroatoms. The van der Waals surface area contributed by atoms with E-state index in [1.807, 2.05) is 60.7 Å². The molecule has 1 N–H and O–H groups in total. The van der Waals surface area contributed by atoms with Crippen molar-refractivity contribution >= 4 is 29.1 Å². The monoisotopic (exact) mass is 495 g/mol. The molecule has 3 aromatic rings. The summed E-state index contributed by atoms with van der Waals surface area (Å²) in [5.74, 6) is 0.359. The Kier molecular flexibility index (Phi) is 5.97. The van der Waals surface area contributed by atoms with Crippen LogP contribution in [0.15, 0.2) is 66.7 Å². The average Bonchev–Trinajstić information content (AvgIpc) is 3.61. The normalized spacial score (nSPS) is 20.0. The first-order valence-corrected chi connectivity index (χ1v) is 12.3. The number of aliphatic hydroxyl groups is 1. The number of rotatable bonds is 7. The quantitative estimate of drug-likeness (QED) is 0.406. The molecule has 0 saturated heterocycles. The summed E-state index contributed by atoms with van der Waals surface area (Å²) in [5.41, 5.74) is 1.62. The van der Waals surface area contributed by atoms with E-state index in [1.165, 1.54) is 0 Å². The van der Waals surface area contributed by atoms with Gasteiger partial charge in [0.15, 0.2) is 5.72 Å². The maximum Gasteiger partial charge on any atom is 0.257 e. The first-order valence-electron chi connectivity index (χ1n) is 11.5. The van der Waals surface area contributed by atoms with Crippen molar-refractivity contribution in [1.82, 2.24) is 4.90 Å². The molecule has 4 nitrogen and oxygen atoms in total. The van der Waals surface area contributed by atoms with E-state index in [0.717, 1.165) is 29.5 Å². The number of ether oxygens (including phenoxy) is 1. The Morgan fingerprint density at radius 1 is 1.00 bits per heavy atom. The van der Waals surface area contributed by atoms with Crippen molar-refractivity contribution in [3.05, 3.63) is 105 Å². The van der Waals surface area contributed by atoms with Gasteiger partial charge in [-0.2, -0.15) is 0 Å². The third-order valence-corrected chi connectivity index (χ3v) is 7.17. The SMILES string of the molecule is CC(C)(O)c1ccc2c(c1)C(=O)N(Cc1ccc(Cl)cc1)[C@@]2(OCC1CC1)c1ccc(Cl)cc1. The van der Waals surface area contributed by atoms with Crippen molar-refractivity contribution < 1.29 is 14.6 Å². The molecule has 34 heavy (non-hydrogen) atoms. The van der Waals surface area contributed by atoms with Gasteiger partial charge in [0.1, 0.15) is 0 Å². The van der Waals surface area contributed by atoms with E-state index in [0.29, 0.717) is 40.2 Å². The standard InChI is InChI=1S/C28H27Cl2NO3/c1-27(2,33)21-9-14-25-24(15-21)26(32)31(16-18-5-10-22(29)11-6-18)28(25,34-17-19-3-4-19)20-7-12-23(30)13-8-20/h5-15,19,33H,3-4,16-17H2,1-2H3/t28-/m1/s1. The molecular formula is C28H27Cl2NO3. The van der Waals surface area contributed by atoms with E-state index in [-0.39, 0.29) is 5.91 Å². The van der Waals surface area contributed by atoms with E-state index in [2.05, 4.69) is 0 Å². The smallest absolute Gasteiger partial charge is 0.257 e. The number of carbonyl (C=O) groups excluding carboxylic acids is 1. The van der Waals surface area contributed by atoms with Gasteiger partial charge in [-0.05, 0) is 74.1 Å². The van der Waals surface area contributed by atoms with Crippen LogP contribution in [0.3, 0.4) is 0 Å². The van der Waals surface area contributed by atoms with Crippen LogP contribution in [0.5, 0.6) is 0 Å². The lowest BCUT2D eigenvalue weighted by Gasteiger charge is -2.40. The predicted octanol–water partition coefficient (Wildman–Crippen LogP) is 6.50. The number of carbonyl (C=O) groups is 1. The largest absolute Gasteiger partial charge is 0.386 e. The van der Waals surface area contributed by atoms with Crippen LogP contribution in [0.1, 0.15) is 59.3 Å². The fourth-order valence-corrected chi connectivity index (χ4v) is 4.79. The molecule has 176 valence electrons. The molecule has 1 heterocycles. The number of fused-ring (bicyclic) bond motifs is 1. The zero-order valence-corrected chi connectivity index (χ0v) is 20.7. The number of hydrogen-bond donors (Lipinski definition) is 1. The molecule has 1 atom stereocenters. The van der Waals surface area contributed by atoms with Crippen molar-refractivity contribution in [2.75, 3.05) is 6.61 Å². The highest BCUT2D eigenvalue weighted by molar-refractivity contribution is 6.30. The summed E-state index contributed by atoms with van der Waals surface area (Å²) in [6, 6.07) is 20.6. The summed E-state index contributed by atoms with van der Waals surface area (Å²) in [6.45, 7) is 4.33. The molecule has 0 spiro atoms. The summed E-state index contributed by atoms with van der Waals surface area (Å²) in [7, 11) is 0. The second kappa shape index (κ2) is 8.69. The molecule has 0 bridgehead atoms. The Balaban J connectivity index is 1.69. The van der Waals surface area contributed by atoms with Crippen molar-refractivity contribution in [2.24, 2.45) is 5.92 Å². The minimum atomic E-state index is -1.10. The molecule has 1 amide bonds. The van der Waals surface area contributed by atoms with Gasteiger partial charge in [-0.25, -0.2) is 0 Å². The van der Waals surface area contributed by atoms with Crippen LogP contribution in [-0.4, -0.2) is 22.5 Å². The molecular weight excluding hydrogens is 469 g/mol. The van der Waals surface area contributed by atoms with Gasteiger partial charge in [0, 0.05) is 33.3 Å². The number of amides is 1. The minimum absolute atomic E-state index is 0.137. The van der Waals surface area contributed by atoms with E-state index in [9.17, 15) is 9.90 Å². The first-order chi connectivity index (χ1) is 16.2. The number of benzene rings is 3. The van der Waals surface area contributed by atoms with E-state index >= 15 is 0 Å². The summed E-state index contributed by atoms with van der Waals surface area (Å²) in [4.78, 5) is 15.8. The van der Waals surface area contributed by atoms with Gasteiger partial charge < -0.3 is 9.84 Å².